The predicted molar refractivity (Wildman–Crippen MR) is 92.7 cm³/mol. The number of piperazine rings is 1. The summed E-state index contributed by atoms with van der Waals surface area (Å²) in [5, 5.41) is 3.46. The Kier molecular flexibility index (Phi) is 6.12. The van der Waals surface area contributed by atoms with Gasteiger partial charge in [-0.3, -0.25) is 4.90 Å². The van der Waals surface area contributed by atoms with Crippen molar-refractivity contribution >= 4 is 24.0 Å². The number of benzene rings is 1. The average Bonchev–Trinajstić information content (AvgIpc) is 2.45. The highest BCUT2D eigenvalue weighted by atomic mass is 35.5. The van der Waals surface area contributed by atoms with E-state index in [1.165, 1.54) is 12.1 Å². The lowest BCUT2D eigenvalue weighted by molar-refractivity contribution is -0.137. The molecule has 1 aromatic rings. The van der Waals surface area contributed by atoms with E-state index in [4.69, 9.17) is 11.6 Å². The van der Waals surface area contributed by atoms with Crippen molar-refractivity contribution in [1.29, 1.82) is 0 Å². The summed E-state index contributed by atoms with van der Waals surface area (Å²) in [6.07, 6.45) is -0.264. The van der Waals surface area contributed by atoms with Crippen LogP contribution in [-0.2, 0) is 0 Å². The summed E-state index contributed by atoms with van der Waals surface area (Å²) in [6.45, 7) is 5.72. The Hall–Kier alpha value is -0.490. The van der Waals surface area contributed by atoms with Crippen LogP contribution in [0.3, 0.4) is 0 Å². The van der Waals surface area contributed by atoms with E-state index in [9.17, 15) is 13.2 Å². The molecule has 0 amide bonds. The molecule has 136 valence electrons. The first-order chi connectivity index (χ1) is 10.8. The van der Waals surface area contributed by atoms with Crippen LogP contribution in [0.15, 0.2) is 18.2 Å². The van der Waals surface area contributed by atoms with Crippen LogP contribution in [0.25, 0.3) is 0 Å². The number of nitrogens with one attached hydrogen (secondary N) is 1. The molecule has 2 nitrogen and oxygen atoms in total. The summed E-state index contributed by atoms with van der Waals surface area (Å²) in [7, 11) is 0. The molecule has 0 spiro atoms. The van der Waals surface area contributed by atoms with Gasteiger partial charge in [0.05, 0.1) is 5.02 Å². The minimum atomic E-state index is -2.59. The molecule has 1 N–H and O–H groups in total. The maximum absolute atomic E-state index is 13.9. The van der Waals surface area contributed by atoms with Crippen molar-refractivity contribution in [2.24, 2.45) is 5.92 Å². The Morgan fingerprint density at radius 2 is 1.96 bits per heavy atom. The van der Waals surface area contributed by atoms with Crippen LogP contribution >= 0.6 is 24.0 Å². The van der Waals surface area contributed by atoms with E-state index in [1.54, 1.807) is 6.07 Å². The summed E-state index contributed by atoms with van der Waals surface area (Å²) in [5.41, 5.74) is 0.744. The molecule has 24 heavy (non-hydrogen) atoms. The number of nitrogens with zero attached hydrogens (tertiary/aromatic N) is 1. The molecule has 2 fully saturated rings. The largest absolute Gasteiger partial charge is 0.311 e. The van der Waals surface area contributed by atoms with Gasteiger partial charge in [-0.25, -0.2) is 13.2 Å². The lowest BCUT2D eigenvalue weighted by Crippen LogP contribution is -2.58. The maximum Gasteiger partial charge on any atom is 0.248 e. The second kappa shape index (κ2) is 7.40. The van der Waals surface area contributed by atoms with Gasteiger partial charge in [0.1, 0.15) is 5.82 Å². The zero-order valence-electron chi connectivity index (χ0n) is 13.7. The SMILES string of the molecule is C[C@@H]1CN[C@@H](C)CN1C(c1ccc(Cl)c(F)c1)C1CC(F)(F)C1.Cl. The number of rotatable bonds is 3. The molecular formula is C17H23Cl2F3N2. The van der Waals surface area contributed by atoms with Crippen LogP contribution in [0.5, 0.6) is 0 Å². The molecule has 0 radical (unpaired) electrons. The van der Waals surface area contributed by atoms with E-state index in [0.717, 1.165) is 18.7 Å². The van der Waals surface area contributed by atoms with Crippen molar-refractivity contribution in [1.82, 2.24) is 10.2 Å². The smallest absolute Gasteiger partial charge is 0.248 e. The van der Waals surface area contributed by atoms with Crippen molar-refractivity contribution in [3.8, 4) is 0 Å². The van der Waals surface area contributed by atoms with E-state index in [1.807, 2.05) is 0 Å². The van der Waals surface area contributed by atoms with Crippen LogP contribution in [0, 0.1) is 11.7 Å². The van der Waals surface area contributed by atoms with Gasteiger partial charge in [-0.15, -0.1) is 12.4 Å². The molecule has 1 aromatic carbocycles. The standard InChI is InChI=1S/C17H22ClF3N2.ClH/c1-10-9-23(11(2)8-22-10)16(13-6-17(20,21)7-13)12-3-4-14(18)15(19)5-12;/h3-5,10-11,13,16,22H,6-9H2,1-2H3;1H/t10-,11+,16?;/m0./s1. The molecule has 0 aromatic heterocycles. The second-order valence-corrected chi connectivity index (χ2v) is 7.40. The Labute approximate surface area is 152 Å². The van der Waals surface area contributed by atoms with Crippen molar-refractivity contribution in [2.75, 3.05) is 13.1 Å². The monoisotopic (exact) mass is 382 g/mol. The van der Waals surface area contributed by atoms with Crippen LogP contribution in [0.4, 0.5) is 13.2 Å². The number of halogens is 5. The normalized spacial score (nSPS) is 28.8. The topological polar surface area (TPSA) is 15.3 Å². The Morgan fingerprint density at radius 3 is 2.54 bits per heavy atom. The van der Waals surface area contributed by atoms with Crippen molar-refractivity contribution < 1.29 is 13.2 Å². The van der Waals surface area contributed by atoms with Gasteiger partial charge in [-0.1, -0.05) is 17.7 Å². The predicted octanol–water partition coefficient (Wildman–Crippen LogP) is 4.67. The summed E-state index contributed by atoms with van der Waals surface area (Å²) in [4.78, 5) is 2.24. The Bertz CT molecular complexity index is 577. The van der Waals surface area contributed by atoms with Crippen LogP contribution < -0.4 is 5.32 Å². The zero-order chi connectivity index (χ0) is 16.8. The molecule has 2 aliphatic rings. The maximum atomic E-state index is 13.9. The van der Waals surface area contributed by atoms with E-state index in [2.05, 4.69) is 24.1 Å². The fourth-order valence-corrected chi connectivity index (χ4v) is 3.92. The molecular weight excluding hydrogens is 360 g/mol. The third-order valence-corrected chi connectivity index (χ3v) is 5.33. The molecule has 1 aliphatic carbocycles. The lowest BCUT2D eigenvalue weighted by Gasteiger charge is -2.49. The quantitative estimate of drug-likeness (QED) is 0.816. The molecule has 3 rings (SSSR count). The van der Waals surface area contributed by atoms with E-state index >= 15 is 0 Å². The molecule has 1 aliphatic heterocycles. The molecule has 3 atom stereocenters. The fraction of sp³-hybridized carbons (Fsp3) is 0.647. The van der Waals surface area contributed by atoms with E-state index in [-0.39, 0.29) is 54.3 Å². The number of alkyl halides is 2. The molecule has 1 saturated carbocycles. The number of hydrogen-bond donors (Lipinski definition) is 1. The molecule has 1 heterocycles. The van der Waals surface area contributed by atoms with Crippen LogP contribution in [0.1, 0.15) is 38.3 Å². The van der Waals surface area contributed by atoms with Gasteiger partial charge < -0.3 is 5.32 Å². The van der Waals surface area contributed by atoms with Gasteiger partial charge in [0.25, 0.3) is 0 Å². The van der Waals surface area contributed by atoms with Crippen molar-refractivity contribution in [3.05, 3.63) is 34.6 Å². The first kappa shape index (κ1) is 19.8. The Morgan fingerprint density at radius 1 is 1.29 bits per heavy atom. The summed E-state index contributed by atoms with van der Waals surface area (Å²) in [6, 6.07) is 5.00. The summed E-state index contributed by atoms with van der Waals surface area (Å²) >= 11 is 5.78. The van der Waals surface area contributed by atoms with Gasteiger partial charge in [-0.2, -0.15) is 0 Å². The van der Waals surface area contributed by atoms with Gasteiger partial charge in [0.15, 0.2) is 0 Å². The second-order valence-electron chi connectivity index (χ2n) is 7.00. The molecule has 7 heteroatoms. The molecule has 1 saturated heterocycles. The van der Waals surface area contributed by atoms with E-state index in [0.29, 0.717) is 0 Å². The van der Waals surface area contributed by atoms with Crippen molar-refractivity contribution in [3.63, 3.8) is 0 Å². The average molecular weight is 383 g/mol. The first-order valence-corrected chi connectivity index (χ1v) is 8.46. The minimum absolute atomic E-state index is 0. The number of hydrogen-bond acceptors (Lipinski definition) is 2. The first-order valence-electron chi connectivity index (χ1n) is 8.09. The van der Waals surface area contributed by atoms with Gasteiger partial charge in [0, 0.05) is 44.1 Å². The highest BCUT2D eigenvalue weighted by Crippen LogP contribution is 2.51. The van der Waals surface area contributed by atoms with Crippen LogP contribution in [0.2, 0.25) is 5.02 Å². The highest BCUT2D eigenvalue weighted by Gasteiger charge is 2.51. The van der Waals surface area contributed by atoms with Crippen molar-refractivity contribution in [2.45, 2.75) is 50.7 Å². The highest BCUT2D eigenvalue weighted by molar-refractivity contribution is 6.30. The summed E-state index contributed by atoms with van der Waals surface area (Å²) in [5.74, 6) is -3.23. The lowest BCUT2D eigenvalue weighted by atomic mass is 9.73. The van der Waals surface area contributed by atoms with Crippen LogP contribution in [-0.4, -0.2) is 36.0 Å². The van der Waals surface area contributed by atoms with Gasteiger partial charge in [-0.05, 0) is 37.5 Å². The fourth-order valence-electron chi connectivity index (χ4n) is 3.80. The van der Waals surface area contributed by atoms with Gasteiger partial charge >= 0.3 is 0 Å². The summed E-state index contributed by atoms with van der Waals surface area (Å²) < 4.78 is 40.8. The third kappa shape index (κ3) is 4.01. The minimum Gasteiger partial charge on any atom is -0.311 e. The third-order valence-electron chi connectivity index (χ3n) is 5.02. The zero-order valence-corrected chi connectivity index (χ0v) is 15.3. The molecule has 1 unspecified atom stereocenters. The Balaban J connectivity index is 0.00000208. The van der Waals surface area contributed by atoms with E-state index < -0.39 is 11.7 Å². The van der Waals surface area contributed by atoms with Gasteiger partial charge in [0.2, 0.25) is 5.92 Å². The molecule has 0 bridgehead atoms.